The van der Waals surface area contributed by atoms with E-state index < -0.39 is 6.16 Å². The summed E-state index contributed by atoms with van der Waals surface area (Å²) in [5.41, 5.74) is 6.25. The molecule has 0 amide bonds. The average molecular weight is 492 g/mol. The number of nitrogens with zero attached hydrogens (tertiary/aromatic N) is 1. The van der Waals surface area contributed by atoms with Crippen LogP contribution in [0.1, 0.15) is 47.1 Å². The first kappa shape index (κ1) is 27.1. The van der Waals surface area contributed by atoms with E-state index in [1.54, 1.807) is 12.1 Å². The molecule has 192 valence electrons. The third-order valence-corrected chi connectivity index (χ3v) is 6.11. The van der Waals surface area contributed by atoms with Crippen LogP contribution in [0.2, 0.25) is 0 Å². The number of rotatable bonds is 9. The molecule has 0 aliphatic heterocycles. The molecule has 0 aliphatic rings. The maximum atomic E-state index is 10.8. The Balaban J connectivity index is 2.13. The van der Waals surface area contributed by atoms with Crippen molar-refractivity contribution < 1.29 is 24.5 Å². The summed E-state index contributed by atoms with van der Waals surface area (Å²) < 4.78 is 10.6. The summed E-state index contributed by atoms with van der Waals surface area (Å²) in [7, 11) is 0. The van der Waals surface area contributed by atoms with E-state index >= 15 is 0 Å². The van der Waals surface area contributed by atoms with Gasteiger partial charge in [-0.05, 0) is 84.8 Å². The maximum absolute atomic E-state index is 10.8. The Bertz CT molecular complexity index is 1180. The third kappa shape index (κ3) is 6.38. The molecule has 0 spiro atoms. The minimum atomic E-state index is -1.34. The Morgan fingerprint density at radius 3 is 2.14 bits per heavy atom. The van der Waals surface area contributed by atoms with Gasteiger partial charge in [-0.25, -0.2) is 4.79 Å². The molecule has 0 bridgehead atoms. The number of aliphatic hydroxyl groups is 1. The molecule has 0 saturated heterocycles. The zero-order valence-electron chi connectivity index (χ0n) is 22.0. The first-order valence-electron chi connectivity index (χ1n) is 12.4. The Morgan fingerprint density at radius 1 is 0.944 bits per heavy atom. The van der Waals surface area contributed by atoms with Crippen LogP contribution < -0.4 is 14.4 Å². The van der Waals surface area contributed by atoms with E-state index in [0.717, 1.165) is 28.8 Å². The Hall–Kier alpha value is -3.51. The van der Waals surface area contributed by atoms with Gasteiger partial charge in [0.15, 0.2) is 0 Å². The Labute approximate surface area is 214 Å². The van der Waals surface area contributed by atoms with Crippen molar-refractivity contribution in [2.24, 2.45) is 0 Å². The number of ether oxygens (including phenoxy) is 2. The van der Waals surface area contributed by atoms with Crippen molar-refractivity contribution in [1.82, 2.24) is 0 Å². The second-order valence-electron chi connectivity index (χ2n) is 10.0. The van der Waals surface area contributed by atoms with E-state index in [2.05, 4.69) is 70.7 Å². The maximum Gasteiger partial charge on any atom is 0.511 e. The van der Waals surface area contributed by atoms with Crippen molar-refractivity contribution >= 4 is 11.8 Å². The molecule has 2 N–H and O–H groups in total. The van der Waals surface area contributed by atoms with Crippen molar-refractivity contribution in [2.75, 3.05) is 24.7 Å². The molecule has 6 heteroatoms. The zero-order valence-corrected chi connectivity index (χ0v) is 22.0. The first-order chi connectivity index (χ1) is 17.0. The highest BCUT2D eigenvalue weighted by atomic mass is 16.7. The van der Waals surface area contributed by atoms with Crippen LogP contribution in [-0.2, 0) is 5.41 Å². The van der Waals surface area contributed by atoms with Crippen LogP contribution in [0.4, 0.5) is 10.5 Å². The van der Waals surface area contributed by atoms with Gasteiger partial charge in [0.25, 0.3) is 0 Å². The molecule has 0 fully saturated rings. The lowest BCUT2D eigenvalue weighted by molar-refractivity contribution is 0.144. The molecule has 3 aromatic carbocycles. The standard InChI is InChI=1S/C30H37NO5/c1-7-31(20(2)3)27-14-10-23(19-26(27)30(4,5)6)25-18-22(11-15-28(25)35-17-16-32)21-8-12-24(13-9-21)36-29(33)34/h8-15,18-20,32H,7,16-17H2,1-6H3,(H,33,34). The van der Waals surface area contributed by atoms with Crippen LogP contribution in [0.3, 0.4) is 0 Å². The van der Waals surface area contributed by atoms with Gasteiger partial charge in [-0.2, -0.15) is 0 Å². The molecule has 0 aromatic heterocycles. The lowest BCUT2D eigenvalue weighted by Gasteiger charge is -2.34. The van der Waals surface area contributed by atoms with E-state index in [9.17, 15) is 9.90 Å². The van der Waals surface area contributed by atoms with Gasteiger partial charge in [0.2, 0.25) is 0 Å². The highest BCUT2D eigenvalue weighted by Crippen LogP contribution is 2.40. The first-order valence-corrected chi connectivity index (χ1v) is 12.4. The summed E-state index contributed by atoms with van der Waals surface area (Å²) in [6, 6.07) is 19.8. The van der Waals surface area contributed by atoms with Crippen LogP contribution in [0.25, 0.3) is 22.3 Å². The summed E-state index contributed by atoms with van der Waals surface area (Å²) in [4.78, 5) is 13.2. The summed E-state index contributed by atoms with van der Waals surface area (Å²) in [5.74, 6) is 0.966. The lowest BCUT2D eigenvalue weighted by Crippen LogP contribution is -2.32. The zero-order chi connectivity index (χ0) is 26.5. The molecule has 0 atom stereocenters. The van der Waals surface area contributed by atoms with E-state index in [1.165, 1.54) is 11.3 Å². The molecule has 0 aliphatic carbocycles. The second-order valence-corrected chi connectivity index (χ2v) is 10.0. The van der Waals surface area contributed by atoms with Gasteiger partial charge in [-0.3, -0.25) is 0 Å². The van der Waals surface area contributed by atoms with Gasteiger partial charge in [-0.15, -0.1) is 0 Å². The number of carboxylic acid groups (broad SMARTS) is 1. The van der Waals surface area contributed by atoms with E-state index in [-0.39, 0.29) is 24.4 Å². The molecule has 3 rings (SSSR count). The number of carbonyl (C=O) groups is 1. The van der Waals surface area contributed by atoms with E-state index in [1.807, 2.05) is 24.3 Å². The molecule has 36 heavy (non-hydrogen) atoms. The molecule has 0 radical (unpaired) electrons. The van der Waals surface area contributed by atoms with Gasteiger partial charge in [0.1, 0.15) is 18.1 Å². The predicted octanol–water partition coefficient (Wildman–Crippen LogP) is 6.98. The smallest absolute Gasteiger partial charge is 0.491 e. The van der Waals surface area contributed by atoms with Gasteiger partial charge >= 0.3 is 6.16 Å². The minimum Gasteiger partial charge on any atom is -0.491 e. The Kier molecular flexibility index (Phi) is 8.64. The van der Waals surface area contributed by atoms with Gasteiger partial charge < -0.3 is 24.6 Å². The molecule has 3 aromatic rings. The van der Waals surface area contributed by atoms with E-state index in [4.69, 9.17) is 14.6 Å². The molecule has 0 heterocycles. The number of hydrogen-bond donors (Lipinski definition) is 2. The molecule has 0 saturated carbocycles. The topological polar surface area (TPSA) is 79.2 Å². The quantitative estimate of drug-likeness (QED) is 0.248. The van der Waals surface area contributed by atoms with Crippen LogP contribution in [0.15, 0.2) is 60.7 Å². The highest BCUT2D eigenvalue weighted by molar-refractivity contribution is 5.80. The number of anilines is 1. The van der Waals surface area contributed by atoms with Crippen LogP contribution in [0, 0.1) is 0 Å². The fourth-order valence-electron chi connectivity index (χ4n) is 4.40. The number of hydrogen-bond acceptors (Lipinski definition) is 5. The van der Waals surface area contributed by atoms with Gasteiger partial charge in [-0.1, -0.05) is 45.0 Å². The summed E-state index contributed by atoms with van der Waals surface area (Å²) in [5, 5.41) is 18.2. The fraction of sp³-hybridized carbons (Fsp3) is 0.367. The van der Waals surface area contributed by atoms with Crippen molar-refractivity contribution in [3.05, 3.63) is 66.2 Å². The molecule has 6 nitrogen and oxygen atoms in total. The predicted molar refractivity (Wildman–Crippen MR) is 145 cm³/mol. The third-order valence-electron chi connectivity index (χ3n) is 6.11. The van der Waals surface area contributed by atoms with Crippen molar-refractivity contribution in [1.29, 1.82) is 0 Å². The Morgan fingerprint density at radius 2 is 1.58 bits per heavy atom. The van der Waals surface area contributed by atoms with Crippen molar-refractivity contribution in [3.63, 3.8) is 0 Å². The number of benzene rings is 3. The lowest BCUT2D eigenvalue weighted by atomic mass is 9.83. The van der Waals surface area contributed by atoms with Crippen LogP contribution in [0.5, 0.6) is 11.5 Å². The molecular formula is C30H37NO5. The van der Waals surface area contributed by atoms with E-state index in [0.29, 0.717) is 11.8 Å². The summed E-state index contributed by atoms with van der Waals surface area (Å²) in [6.45, 7) is 14.3. The SMILES string of the molecule is CCN(c1ccc(-c2cc(-c3ccc(OC(=O)O)cc3)ccc2OCCO)cc1C(C)(C)C)C(C)C. The largest absolute Gasteiger partial charge is 0.511 e. The van der Waals surface area contributed by atoms with Crippen molar-refractivity contribution in [2.45, 2.75) is 53.0 Å². The normalized spacial score (nSPS) is 11.4. The van der Waals surface area contributed by atoms with Gasteiger partial charge in [0.05, 0.1) is 6.61 Å². The summed E-state index contributed by atoms with van der Waals surface area (Å²) >= 11 is 0. The highest BCUT2D eigenvalue weighted by Gasteiger charge is 2.23. The molecule has 0 unspecified atom stereocenters. The average Bonchev–Trinajstić information content (AvgIpc) is 2.82. The van der Waals surface area contributed by atoms with Gasteiger partial charge in [0, 0.05) is 23.8 Å². The number of aliphatic hydroxyl groups excluding tert-OH is 1. The monoisotopic (exact) mass is 491 g/mol. The van der Waals surface area contributed by atoms with Crippen LogP contribution in [-0.4, -0.2) is 42.2 Å². The fourth-order valence-corrected chi connectivity index (χ4v) is 4.40. The van der Waals surface area contributed by atoms with Crippen molar-refractivity contribution in [3.8, 4) is 33.8 Å². The molecular weight excluding hydrogens is 454 g/mol. The minimum absolute atomic E-state index is 0.0712. The second kappa shape index (κ2) is 11.5. The van der Waals surface area contributed by atoms with Crippen LogP contribution >= 0.6 is 0 Å². The summed E-state index contributed by atoms with van der Waals surface area (Å²) in [6.07, 6.45) is -1.34.